The molecule has 68 valence electrons. The maximum absolute atomic E-state index is 11.1. The molecule has 4 heteroatoms. The number of nitrogens with one attached hydrogen (secondary N) is 1. The number of rotatable bonds is 0. The zero-order valence-corrected chi connectivity index (χ0v) is 9.08. The van der Waals surface area contributed by atoms with E-state index in [-0.39, 0.29) is 5.78 Å². The molecule has 1 aliphatic rings. The first-order chi connectivity index (χ1) is 6.16. The maximum atomic E-state index is 11.1. The molecule has 0 spiro atoms. The Balaban J connectivity index is 2.53. The van der Waals surface area contributed by atoms with Crippen molar-refractivity contribution in [1.82, 2.24) is 0 Å². The molecule has 0 fully saturated rings. The van der Waals surface area contributed by atoms with Crippen LogP contribution in [0.5, 0.6) is 0 Å². The van der Waals surface area contributed by atoms with E-state index >= 15 is 0 Å². The van der Waals surface area contributed by atoms with E-state index in [1.54, 1.807) is 0 Å². The number of fused-ring (bicyclic) bond motifs is 1. The Morgan fingerprint density at radius 1 is 1.46 bits per heavy atom. The summed E-state index contributed by atoms with van der Waals surface area (Å²) in [5.41, 5.74) is 1.86. The molecule has 1 aromatic carbocycles. The summed E-state index contributed by atoms with van der Waals surface area (Å²) >= 11 is 9.33. The minimum atomic E-state index is 0.196. The van der Waals surface area contributed by atoms with E-state index < -0.39 is 0 Å². The van der Waals surface area contributed by atoms with Crippen LogP contribution in [0.15, 0.2) is 16.6 Å². The van der Waals surface area contributed by atoms with Crippen LogP contribution in [-0.2, 0) is 11.2 Å². The molecule has 0 bridgehead atoms. The molecule has 0 saturated heterocycles. The highest BCUT2D eigenvalue weighted by atomic mass is 79.9. The summed E-state index contributed by atoms with van der Waals surface area (Å²) in [6.07, 6.45) is 0.474. The van der Waals surface area contributed by atoms with Gasteiger partial charge in [0.2, 0.25) is 0 Å². The van der Waals surface area contributed by atoms with Crippen LogP contribution in [0, 0.1) is 0 Å². The van der Waals surface area contributed by atoms with Gasteiger partial charge in [-0.15, -0.1) is 0 Å². The summed E-state index contributed by atoms with van der Waals surface area (Å²) in [7, 11) is 0. The Morgan fingerprint density at radius 3 is 3.00 bits per heavy atom. The van der Waals surface area contributed by atoms with E-state index in [1.807, 2.05) is 12.1 Å². The fraction of sp³-hybridized carbons (Fsp3) is 0.222. The van der Waals surface area contributed by atoms with Crippen molar-refractivity contribution in [1.29, 1.82) is 0 Å². The number of hydrogen-bond acceptors (Lipinski definition) is 2. The highest BCUT2D eigenvalue weighted by Gasteiger charge is 2.17. The molecule has 13 heavy (non-hydrogen) atoms. The lowest BCUT2D eigenvalue weighted by Gasteiger charge is -2.18. The first-order valence-corrected chi connectivity index (χ1v) is 5.07. The molecule has 0 saturated carbocycles. The second-order valence-electron chi connectivity index (χ2n) is 2.99. The maximum Gasteiger partial charge on any atom is 0.156 e. The second-order valence-corrected chi connectivity index (χ2v) is 4.31. The van der Waals surface area contributed by atoms with Gasteiger partial charge in [-0.1, -0.05) is 27.5 Å². The fourth-order valence-electron chi connectivity index (χ4n) is 1.43. The Bertz CT molecular complexity index is 378. The lowest BCUT2D eigenvalue weighted by atomic mass is 10.0. The summed E-state index contributed by atoms with van der Waals surface area (Å²) in [5.74, 6) is 0.196. The molecule has 0 unspecified atom stereocenters. The topological polar surface area (TPSA) is 29.1 Å². The van der Waals surface area contributed by atoms with Gasteiger partial charge in [-0.25, -0.2) is 0 Å². The van der Waals surface area contributed by atoms with Crippen LogP contribution in [0.3, 0.4) is 0 Å². The van der Waals surface area contributed by atoms with Gasteiger partial charge in [0.1, 0.15) is 0 Å². The molecular formula is C9H7BrClNO. The number of halogens is 2. The van der Waals surface area contributed by atoms with Gasteiger partial charge in [0.25, 0.3) is 0 Å². The molecule has 0 aliphatic carbocycles. The predicted octanol–water partition coefficient (Wildman–Crippen LogP) is 2.64. The Labute approximate surface area is 89.4 Å². The van der Waals surface area contributed by atoms with E-state index in [1.165, 1.54) is 0 Å². The summed E-state index contributed by atoms with van der Waals surface area (Å²) in [6.45, 7) is 0.383. The average molecular weight is 261 g/mol. The normalized spacial score (nSPS) is 15.1. The molecule has 0 atom stereocenters. The number of carbonyl (C=O) groups excluding carboxylic acids is 1. The van der Waals surface area contributed by atoms with Gasteiger partial charge in [-0.2, -0.15) is 0 Å². The first kappa shape index (κ1) is 9.03. The number of ketones is 1. The number of benzene rings is 1. The van der Waals surface area contributed by atoms with Crippen LogP contribution >= 0.6 is 27.5 Å². The third kappa shape index (κ3) is 1.71. The largest absolute Gasteiger partial charge is 0.377 e. The molecule has 2 rings (SSSR count). The summed E-state index contributed by atoms with van der Waals surface area (Å²) < 4.78 is 0.910. The van der Waals surface area contributed by atoms with Gasteiger partial charge >= 0.3 is 0 Å². The van der Waals surface area contributed by atoms with Gasteiger partial charge < -0.3 is 5.32 Å². The quantitative estimate of drug-likeness (QED) is 0.777. The van der Waals surface area contributed by atoms with Gasteiger partial charge in [-0.3, -0.25) is 4.79 Å². The smallest absolute Gasteiger partial charge is 0.156 e. The van der Waals surface area contributed by atoms with E-state index in [0.717, 1.165) is 15.7 Å². The number of hydrogen-bond donors (Lipinski definition) is 1. The van der Waals surface area contributed by atoms with E-state index in [0.29, 0.717) is 18.0 Å². The standard InChI is InChI=1S/C9H7BrClNO/c10-6-1-5-2-7(13)4-12-9(5)8(11)3-6/h1,3,12H,2,4H2. The Morgan fingerprint density at radius 2 is 2.23 bits per heavy atom. The highest BCUT2D eigenvalue weighted by molar-refractivity contribution is 9.10. The van der Waals surface area contributed by atoms with Crippen LogP contribution in [0.25, 0.3) is 0 Å². The van der Waals surface area contributed by atoms with Crippen LogP contribution in [0.2, 0.25) is 5.02 Å². The third-order valence-electron chi connectivity index (χ3n) is 1.99. The monoisotopic (exact) mass is 259 g/mol. The lowest BCUT2D eigenvalue weighted by molar-refractivity contribution is -0.117. The van der Waals surface area contributed by atoms with Crippen LogP contribution in [0.1, 0.15) is 5.56 Å². The van der Waals surface area contributed by atoms with Crippen molar-refractivity contribution in [3.63, 3.8) is 0 Å². The second kappa shape index (κ2) is 3.31. The van der Waals surface area contributed by atoms with Crippen molar-refractivity contribution >= 4 is 39.0 Å². The molecule has 1 N–H and O–H groups in total. The third-order valence-corrected chi connectivity index (χ3v) is 2.74. The van der Waals surface area contributed by atoms with E-state index in [2.05, 4.69) is 21.2 Å². The van der Waals surface area contributed by atoms with Crippen molar-refractivity contribution in [2.45, 2.75) is 6.42 Å². The summed E-state index contributed by atoms with van der Waals surface area (Å²) in [6, 6.07) is 3.74. The average Bonchev–Trinajstić information content (AvgIpc) is 2.02. The minimum absolute atomic E-state index is 0.196. The van der Waals surface area contributed by atoms with E-state index in [9.17, 15) is 4.79 Å². The Kier molecular flexibility index (Phi) is 2.30. The molecule has 1 aliphatic heterocycles. The summed E-state index contributed by atoms with van der Waals surface area (Å²) in [4.78, 5) is 11.1. The zero-order valence-electron chi connectivity index (χ0n) is 6.73. The van der Waals surface area contributed by atoms with Crippen molar-refractivity contribution in [3.05, 3.63) is 27.2 Å². The number of carbonyl (C=O) groups is 1. The molecule has 2 nitrogen and oxygen atoms in total. The SMILES string of the molecule is O=C1CNc2c(Cl)cc(Br)cc2C1. The fourth-order valence-corrected chi connectivity index (χ4v) is 2.37. The van der Waals surface area contributed by atoms with Gasteiger partial charge in [0.05, 0.1) is 17.3 Å². The lowest BCUT2D eigenvalue weighted by Crippen LogP contribution is -2.22. The molecule has 1 aromatic rings. The summed E-state index contributed by atoms with van der Waals surface area (Å²) in [5, 5.41) is 3.67. The van der Waals surface area contributed by atoms with Gasteiger partial charge in [0.15, 0.2) is 5.78 Å². The van der Waals surface area contributed by atoms with Crippen LogP contribution in [-0.4, -0.2) is 12.3 Å². The number of anilines is 1. The van der Waals surface area contributed by atoms with Crippen molar-refractivity contribution < 1.29 is 4.79 Å². The zero-order chi connectivity index (χ0) is 9.42. The van der Waals surface area contributed by atoms with Gasteiger partial charge in [-0.05, 0) is 17.7 Å². The predicted molar refractivity (Wildman–Crippen MR) is 56.4 cm³/mol. The Hall–Kier alpha value is -0.540. The molecule has 0 radical (unpaired) electrons. The van der Waals surface area contributed by atoms with Crippen molar-refractivity contribution in [3.8, 4) is 0 Å². The first-order valence-electron chi connectivity index (χ1n) is 3.90. The van der Waals surface area contributed by atoms with Crippen molar-refractivity contribution in [2.24, 2.45) is 0 Å². The van der Waals surface area contributed by atoms with E-state index in [4.69, 9.17) is 11.6 Å². The van der Waals surface area contributed by atoms with Crippen LogP contribution < -0.4 is 5.32 Å². The minimum Gasteiger partial charge on any atom is -0.377 e. The van der Waals surface area contributed by atoms with Crippen LogP contribution in [0.4, 0.5) is 5.69 Å². The van der Waals surface area contributed by atoms with Crippen molar-refractivity contribution in [2.75, 3.05) is 11.9 Å². The molecular weight excluding hydrogens is 253 g/mol. The number of Topliss-reactive ketones (excluding diaryl/α,β-unsaturated/α-hetero) is 1. The molecule has 0 aromatic heterocycles. The molecule has 0 amide bonds. The highest BCUT2D eigenvalue weighted by Crippen LogP contribution is 2.32. The van der Waals surface area contributed by atoms with Gasteiger partial charge in [0, 0.05) is 10.9 Å². The molecule has 1 heterocycles.